The van der Waals surface area contributed by atoms with Crippen LogP contribution in [0.1, 0.15) is 13.8 Å². The monoisotopic (exact) mass is 507 g/mol. The molecule has 0 radical (unpaired) electrons. The molecule has 1 saturated heterocycles. The number of nitrogens with zero attached hydrogens (tertiary/aromatic N) is 3. The Balaban J connectivity index is 0.00000392. The van der Waals surface area contributed by atoms with Gasteiger partial charge in [0.05, 0.1) is 6.54 Å². The van der Waals surface area contributed by atoms with Crippen LogP contribution in [-0.2, 0) is 4.79 Å². The van der Waals surface area contributed by atoms with Crippen LogP contribution in [0.2, 0.25) is 0 Å². The van der Waals surface area contributed by atoms with E-state index in [0.717, 1.165) is 39.3 Å². The van der Waals surface area contributed by atoms with Crippen LogP contribution in [0, 0.1) is 5.82 Å². The van der Waals surface area contributed by atoms with Crippen LogP contribution in [0.4, 0.5) is 4.39 Å². The van der Waals surface area contributed by atoms with E-state index in [0.29, 0.717) is 18.3 Å². The predicted molar refractivity (Wildman–Crippen MR) is 120 cm³/mol. The van der Waals surface area contributed by atoms with Gasteiger partial charge in [-0.1, -0.05) is 6.07 Å². The molecule has 1 fully saturated rings. The summed E-state index contributed by atoms with van der Waals surface area (Å²) in [5.74, 6) is 1.05. The number of hydrogen-bond acceptors (Lipinski definition) is 4. The highest BCUT2D eigenvalue weighted by atomic mass is 127. The van der Waals surface area contributed by atoms with Crippen LogP contribution in [0.3, 0.4) is 0 Å². The quantitative estimate of drug-likeness (QED) is 0.333. The van der Waals surface area contributed by atoms with Crippen molar-refractivity contribution >= 4 is 35.8 Å². The van der Waals surface area contributed by atoms with E-state index < -0.39 is 0 Å². The van der Waals surface area contributed by atoms with Crippen molar-refractivity contribution in [3.05, 3.63) is 30.1 Å². The molecular formula is C19H31FIN5O2. The Morgan fingerprint density at radius 2 is 2.00 bits per heavy atom. The molecule has 1 unspecified atom stereocenters. The number of piperazine rings is 1. The molecule has 1 amide bonds. The van der Waals surface area contributed by atoms with Gasteiger partial charge in [0, 0.05) is 59.3 Å². The van der Waals surface area contributed by atoms with Crippen molar-refractivity contribution in [3.63, 3.8) is 0 Å². The highest BCUT2D eigenvalue weighted by Gasteiger charge is 2.18. The third-order valence-corrected chi connectivity index (χ3v) is 4.45. The van der Waals surface area contributed by atoms with Crippen molar-refractivity contribution in [2.75, 3.05) is 52.9 Å². The number of benzene rings is 1. The molecule has 9 heteroatoms. The van der Waals surface area contributed by atoms with Crippen molar-refractivity contribution in [3.8, 4) is 5.75 Å². The van der Waals surface area contributed by atoms with Gasteiger partial charge < -0.3 is 20.3 Å². The van der Waals surface area contributed by atoms with Gasteiger partial charge in [0.25, 0.3) is 0 Å². The molecule has 1 heterocycles. The van der Waals surface area contributed by atoms with E-state index in [-0.39, 0.29) is 41.8 Å². The van der Waals surface area contributed by atoms with Crippen LogP contribution >= 0.6 is 24.0 Å². The lowest BCUT2D eigenvalue weighted by Crippen LogP contribution is -2.50. The van der Waals surface area contributed by atoms with Gasteiger partial charge in [-0.25, -0.2) is 4.39 Å². The van der Waals surface area contributed by atoms with Gasteiger partial charge in [-0.3, -0.25) is 14.7 Å². The number of carbonyl (C=O) groups is 1. The van der Waals surface area contributed by atoms with E-state index in [9.17, 15) is 9.18 Å². The second kappa shape index (κ2) is 12.8. The summed E-state index contributed by atoms with van der Waals surface area (Å²) in [5.41, 5.74) is 0. The average molecular weight is 507 g/mol. The number of amides is 1. The first-order valence-electron chi connectivity index (χ1n) is 9.32. The van der Waals surface area contributed by atoms with E-state index in [1.165, 1.54) is 12.1 Å². The number of nitrogens with one attached hydrogen (secondary N) is 2. The molecule has 1 aliphatic rings. The molecule has 28 heavy (non-hydrogen) atoms. The van der Waals surface area contributed by atoms with Gasteiger partial charge in [-0.2, -0.15) is 0 Å². The fourth-order valence-electron chi connectivity index (χ4n) is 2.89. The lowest BCUT2D eigenvalue weighted by atomic mass is 10.3. The van der Waals surface area contributed by atoms with Crippen LogP contribution in [0.15, 0.2) is 29.3 Å². The molecule has 0 aromatic heterocycles. The summed E-state index contributed by atoms with van der Waals surface area (Å²) in [4.78, 5) is 19.8. The Bertz CT molecular complexity index is 639. The SMILES string of the molecule is CN=C(NCCN1CCN(C(C)=O)CC1)NCC(C)Oc1cccc(F)c1.I. The molecule has 0 aliphatic carbocycles. The largest absolute Gasteiger partial charge is 0.489 e. The zero-order valence-electron chi connectivity index (χ0n) is 16.8. The van der Waals surface area contributed by atoms with Gasteiger partial charge >= 0.3 is 0 Å². The third kappa shape index (κ3) is 8.59. The minimum Gasteiger partial charge on any atom is -0.489 e. The number of hydrogen-bond donors (Lipinski definition) is 2. The molecule has 0 bridgehead atoms. The second-order valence-corrected chi connectivity index (χ2v) is 6.61. The fourth-order valence-corrected chi connectivity index (χ4v) is 2.89. The standard InChI is InChI=1S/C19H30FN5O2.HI/c1-15(27-18-6-4-5-17(20)13-18)14-23-19(21-3)22-7-8-24-9-11-25(12-10-24)16(2)26;/h4-6,13,15H,7-12,14H2,1-3H3,(H2,21,22,23);1H. The Hall–Kier alpha value is -1.62. The van der Waals surface area contributed by atoms with Crippen LogP contribution in [0.25, 0.3) is 0 Å². The minimum absolute atomic E-state index is 0. The summed E-state index contributed by atoms with van der Waals surface area (Å²) in [6.07, 6.45) is -0.134. The molecule has 1 aliphatic heterocycles. The summed E-state index contributed by atoms with van der Waals surface area (Å²) in [5, 5.41) is 6.49. The highest BCUT2D eigenvalue weighted by molar-refractivity contribution is 14.0. The summed E-state index contributed by atoms with van der Waals surface area (Å²) >= 11 is 0. The van der Waals surface area contributed by atoms with Gasteiger partial charge in [-0.05, 0) is 19.1 Å². The molecule has 7 nitrogen and oxygen atoms in total. The number of ether oxygens (including phenoxy) is 1. The van der Waals surface area contributed by atoms with E-state index in [1.54, 1.807) is 26.1 Å². The summed E-state index contributed by atoms with van der Waals surface area (Å²) in [6.45, 7) is 9.10. The Morgan fingerprint density at radius 3 is 2.61 bits per heavy atom. The lowest BCUT2D eigenvalue weighted by Gasteiger charge is -2.34. The third-order valence-electron chi connectivity index (χ3n) is 4.45. The molecule has 2 rings (SSSR count). The molecular weight excluding hydrogens is 476 g/mol. The summed E-state index contributed by atoms with van der Waals surface area (Å²) in [6, 6.07) is 6.12. The van der Waals surface area contributed by atoms with Crippen molar-refractivity contribution in [2.45, 2.75) is 20.0 Å². The van der Waals surface area contributed by atoms with E-state index in [2.05, 4.69) is 20.5 Å². The Kier molecular flexibility index (Phi) is 11.1. The molecule has 1 aromatic carbocycles. The second-order valence-electron chi connectivity index (χ2n) is 6.61. The van der Waals surface area contributed by atoms with E-state index in [4.69, 9.17) is 4.74 Å². The number of carbonyl (C=O) groups excluding carboxylic acids is 1. The van der Waals surface area contributed by atoms with Crippen molar-refractivity contribution in [1.29, 1.82) is 0 Å². The minimum atomic E-state index is -0.311. The van der Waals surface area contributed by atoms with Crippen molar-refractivity contribution in [1.82, 2.24) is 20.4 Å². The van der Waals surface area contributed by atoms with E-state index >= 15 is 0 Å². The van der Waals surface area contributed by atoms with Crippen LogP contribution < -0.4 is 15.4 Å². The smallest absolute Gasteiger partial charge is 0.219 e. The van der Waals surface area contributed by atoms with E-state index in [1.807, 2.05) is 11.8 Å². The van der Waals surface area contributed by atoms with Crippen molar-refractivity contribution in [2.24, 2.45) is 4.99 Å². The average Bonchev–Trinajstić information content (AvgIpc) is 2.65. The number of aliphatic imine (C=N–C) groups is 1. The highest BCUT2D eigenvalue weighted by Crippen LogP contribution is 2.13. The van der Waals surface area contributed by atoms with Crippen LogP contribution in [-0.4, -0.2) is 80.6 Å². The Labute approximate surface area is 183 Å². The first kappa shape index (κ1) is 24.4. The van der Waals surface area contributed by atoms with Crippen LogP contribution in [0.5, 0.6) is 5.75 Å². The zero-order chi connectivity index (χ0) is 19.6. The molecule has 1 atom stereocenters. The molecule has 0 spiro atoms. The maximum atomic E-state index is 13.2. The topological polar surface area (TPSA) is 69.2 Å². The maximum absolute atomic E-state index is 13.2. The van der Waals surface area contributed by atoms with Gasteiger partial charge in [0.2, 0.25) is 5.91 Å². The van der Waals surface area contributed by atoms with Gasteiger partial charge in [0.15, 0.2) is 5.96 Å². The first-order chi connectivity index (χ1) is 13.0. The Morgan fingerprint density at radius 1 is 1.29 bits per heavy atom. The van der Waals surface area contributed by atoms with Gasteiger partial charge in [-0.15, -0.1) is 24.0 Å². The number of halogens is 2. The molecule has 0 saturated carbocycles. The summed E-state index contributed by atoms with van der Waals surface area (Å²) in [7, 11) is 1.72. The zero-order valence-corrected chi connectivity index (χ0v) is 19.1. The first-order valence-corrected chi connectivity index (χ1v) is 9.32. The molecule has 158 valence electrons. The maximum Gasteiger partial charge on any atom is 0.219 e. The molecule has 2 N–H and O–H groups in total. The van der Waals surface area contributed by atoms with Gasteiger partial charge in [0.1, 0.15) is 17.7 Å². The summed E-state index contributed by atoms with van der Waals surface area (Å²) < 4.78 is 18.9. The fraction of sp³-hybridized carbons (Fsp3) is 0.579. The lowest BCUT2D eigenvalue weighted by molar-refractivity contribution is -0.130. The van der Waals surface area contributed by atoms with Crippen molar-refractivity contribution < 1.29 is 13.9 Å². The molecule has 1 aromatic rings. The normalized spacial score (nSPS) is 16.1. The number of guanidine groups is 1. The predicted octanol–water partition coefficient (Wildman–Crippen LogP) is 1.54. The number of rotatable bonds is 7.